The Labute approximate surface area is 119 Å². The van der Waals surface area contributed by atoms with Gasteiger partial charge in [-0.2, -0.15) is 0 Å². The summed E-state index contributed by atoms with van der Waals surface area (Å²) in [7, 11) is 0. The molecule has 102 valence electrons. The molecule has 1 aromatic carbocycles. The number of hydrogen-bond donors (Lipinski definition) is 0. The van der Waals surface area contributed by atoms with Crippen LogP contribution in [0.3, 0.4) is 0 Å². The van der Waals surface area contributed by atoms with Gasteiger partial charge in [0.1, 0.15) is 0 Å². The summed E-state index contributed by atoms with van der Waals surface area (Å²) >= 11 is 0. The highest BCUT2D eigenvalue weighted by Gasteiger charge is 2.32. The van der Waals surface area contributed by atoms with Crippen molar-refractivity contribution in [3.05, 3.63) is 47.3 Å². The molecule has 0 N–H and O–H groups in total. The number of fused-ring (bicyclic) bond motifs is 1. The Bertz CT molecular complexity index is 672. The zero-order valence-corrected chi connectivity index (χ0v) is 12.1. The molecular formula is C17H18N2O. The van der Waals surface area contributed by atoms with E-state index in [1.165, 1.54) is 5.56 Å². The second kappa shape index (κ2) is 4.51. The molecule has 3 nitrogen and oxygen atoms in total. The fourth-order valence-corrected chi connectivity index (χ4v) is 2.67. The molecule has 0 unspecified atom stereocenters. The van der Waals surface area contributed by atoms with Gasteiger partial charge in [-0.3, -0.25) is 4.79 Å². The largest absolute Gasteiger partial charge is 0.294 e. The van der Waals surface area contributed by atoms with Crippen LogP contribution in [0.2, 0.25) is 0 Å². The lowest BCUT2D eigenvalue weighted by molar-refractivity contribution is 0.0910. The molecule has 0 saturated carbocycles. The first-order valence-corrected chi connectivity index (χ1v) is 6.91. The summed E-state index contributed by atoms with van der Waals surface area (Å²) in [6.45, 7) is 6.28. The minimum atomic E-state index is -0.0109. The Morgan fingerprint density at radius 2 is 1.80 bits per heavy atom. The van der Waals surface area contributed by atoms with Gasteiger partial charge < -0.3 is 0 Å². The van der Waals surface area contributed by atoms with Crippen LogP contribution >= 0.6 is 0 Å². The maximum absolute atomic E-state index is 12.1. The molecule has 1 aliphatic carbocycles. The number of Topliss-reactive ketones (excluding diaryl/α,β-unsaturated/α-hetero) is 1. The van der Waals surface area contributed by atoms with Crippen LogP contribution in [0.25, 0.3) is 11.4 Å². The Morgan fingerprint density at radius 1 is 1.10 bits per heavy atom. The molecule has 0 bridgehead atoms. The first-order chi connectivity index (χ1) is 9.44. The Kier molecular flexibility index (Phi) is 2.93. The molecule has 2 aromatic rings. The summed E-state index contributed by atoms with van der Waals surface area (Å²) in [4.78, 5) is 21.1. The van der Waals surface area contributed by atoms with Crippen molar-refractivity contribution in [1.82, 2.24) is 9.97 Å². The second-order valence-electron chi connectivity index (χ2n) is 6.36. The quantitative estimate of drug-likeness (QED) is 0.792. The normalized spacial score (nSPS) is 16.9. The van der Waals surface area contributed by atoms with E-state index in [1.807, 2.05) is 24.3 Å². The minimum Gasteiger partial charge on any atom is -0.294 e. The predicted molar refractivity (Wildman–Crippen MR) is 78.6 cm³/mol. The van der Waals surface area contributed by atoms with Crippen LogP contribution in [0.15, 0.2) is 30.5 Å². The number of ketones is 1. The first-order valence-electron chi connectivity index (χ1n) is 6.91. The van der Waals surface area contributed by atoms with Gasteiger partial charge in [-0.1, -0.05) is 43.7 Å². The maximum Gasteiger partial charge on any atom is 0.166 e. The number of nitrogens with zero attached hydrogens (tertiary/aromatic N) is 2. The van der Waals surface area contributed by atoms with Crippen LogP contribution in [0.5, 0.6) is 0 Å². The van der Waals surface area contributed by atoms with Crippen molar-refractivity contribution < 1.29 is 4.79 Å². The minimum absolute atomic E-state index is 0.0109. The van der Waals surface area contributed by atoms with Gasteiger partial charge in [0.25, 0.3) is 0 Å². The van der Waals surface area contributed by atoms with Crippen LogP contribution in [0.4, 0.5) is 0 Å². The zero-order valence-electron chi connectivity index (χ0n) is 12.1. The molecule has 0 amide bonds. The molecule has 1 heterocycles. The van der Waals surface area contributed by atoms with Crippen molar-refractivity contribution in [3.8, 4) is 11.4 Å². The lowest BCUT2D eigenvalue weighted by Crippen LogP contribution is -2.28. The van der Waals surface area contributed by atoms with Crippen LogP contribution in [0, 0.1) is 12.3 Å². The lowest BCUT2D eigenvalue weighted by Gasteiger charge is -2.29. The standard InChI is InChI=1S/C17H18N2O/c1-11-4-6-12(7-5-11)16-18-10-13-14(19-16)8-17(2,3)9-15(13)20/h4-7,10H,8-9H2,1-3H3. The smallest absolute Gasteiger partial charge is 0.166 e. The number of aromatic nitrogens is 2. The van der Waals surface area contributed by atoms with Gasteiger partial charge in [-0.15, -0.1) is 0 Å². The highest BCUT2D eigenvalue weighted by atomic mass is 16.1. The first kappa shape index (κ1) is 13.0. The predicted octanol–water partition coefficient (Wildman–Crippen LogP) is 3.61. The van der Waals surface area contributed by atoms with Gasteiger partial charge in [-0.25, -0.2) is 9.97 Å². The average Bonchev–Trinajstić information content (AvgIpc) is 2.37. The number of hydrogen-bond acceptors (Lipinski definition) is 3. The fraction of sp³-hybridized carbons (Fsp3) is 0.353. The van der Waals surface area contributed by atoms with E-state index in [2.05, 4.69) is 30.7 Å². The van der Waals surface area contributed by atoms with Crippen molar-refractivity contribution in [2.45, 2.75) is 33.6 Å². The Hall–Kier alpha value is -2.03. The topological polar surface area (TPSA) is 42.9 Å². The third-order valence-corrected chi connectivity index (χ3v) is 3.76. The van der Waals surface area contributed by atoms with E-state index in [4.69, 9.17) is 0 Å². The summed E-state index contributed by atoms with van der Waals surface area (Å²) in [5.41, 5.74) is 3.78. The van der Waals surface area contributed by atoms with Crippen molar-refractivity contribution >= 4 is 5.78 Å². The van der Waals surface area contributed by atoms with Gasteiger partial charge >= 0.3 is 0 Å². The molecule has 0 saturated heterocycles. The highest BCUT2D eigenvalue weighted by Crippen LogP contribution is 2.34. The van der Waals surface area contributed by atoms with Crippen molar-refractivity contribution in [1.29, 1.82) is 0 Å². The van der Waals surface area contributed by atoms with E-state index in [1.54, 1.807) is 6.20 Å². The zero-order chi connectivity index (χ0) is 14.3. The molecule has 1 aromatic heterocycles. The summed E-state index contributed by atoms with van der Waals surface area (Å²) in [5, 5.41) is 0. The van der Waals surface area contributed by atoms with Crippen LogP contribution in [0.1, 0.15) is 41.9 Å². The van der Waals surface area contributed by atoms with E-state index in [0.717, 1.165) is 17.7 Å². The molecule has 0 aliphatic heterocycles. The van der Waals surface area contributed by atoms with E-state index >= 15 is 0 Å². The molecular weight excluding hydrogens is 248 g/mol. The van der Waals surface area contributed by atoms with Gasteiger partial charge in [0.2, 0.25) is 0 Å². The fourth-order valence-electron chi connectivity index (χ4n) is 2.67. The number of benzene rings is 1. The SMILES string of the molecule is Cc1ccc(-c2ncc3c(n2)CC(C)(C)CC3=O)cc1. The van der Waals surface area contributed by atoms with E-state index in [0.29, 0.717) is 17.8 Å². The highest BCUT2D eigenvalue weighted by molar-refractivity contribution is 5.98. The Morgan fingerprint density at radius 3 is 2.50 bits per heavy atom. The van der Waals surface area contributed by atoms with Gasteiger partial charge in [0.15, 0.2) is 11.6 Å². The number of carbonyl (C=O) groups excluding carboxylic acids is 1. The number of rotatable bonds is 1. The van der Waals surface area contributed by atoms with Gasteiger partial charge in [-0.05, 0) is 18.8 Å². The maximum atomic E-state index is 12.1. The molecule has 3 heteroatoms. The average molecular weight is 266 g/mol. The third-order valence-electron chi connectivity index (χ3n) is 3.76. The summed E-state index contributed by atoms with van der Waals surface area (Å²) < 4.78 is 0. The summed E-state index contributed by atoms with van der Waals surface area (Å²) in [6, 6.07) is 8.14. The van der Waals surface area contributed by atoms with Gasteiger partial charge in [0, 0.05) is 18.2 Å². The van der Waals surface area contributed by atoms with Crippen LogP contribution < -0.4 is 0 Å². The summed E-state index contributed by atoms with van der Waals surface area (Å²) in [6.07, 6.45) is 3.10. The molecule has 20 heavy (non-hydrogen) atoms. The second-order valence-corrected chi connectivity index (χ2v) is 6.36. The van der Waals surface area contributed by atoms with E-state index in [-0.39, 0.29) is 11.2 Å². The van der Waals surface area contributed by atoms with E-state index in [9.17, 15) is 4.79 Å². The monoisotopic (exact) mass is 266 g/mol. The summed E-state index contributed by atoms with van der Waals surface area (Å²) in [5.74, 6) is 0.862. The van der Waals surface area contributed by atoms with Crippen LogP contribution in [-0.2, 0) is 6.42 Å². The molecule has 0 radical (unpaired) electrons. The molecule has 0 fully saturated rings. The van der Waals surface area contributed by atoms with Crippen molar-refractivity contribution in [3.63, 3.8) is 0 Å². The Balaban J connectivity index is 2.05. The lowest BCUT2D eigenvalue weighted by atomic mass is 9.76. The molecule has 0 atom stereocenters. The molecule has 3 rings (SSSR count). The number of aryl methyl sites for hydroxylation is 1. The molecule has 0 spiro atoms. The van der Waals surface area contributed by atoms with E-state index < -0.39 is 0 Å². The van der Waals surface area contributed by atoms with Crippen LogP contribution in [-0.4, -0.2) is 15.8 Å². The molecule has 1 aliphatic rings. The third kappa shape index (κ3) is 2.36. The number of carbonyl (C=O) groups is 1. The van der Waals surface area contributed by atoms with Crippen molar-refractivity contribution in [2.24, 2.45) is 5.41 Å². The van der Waals surface area contributed by atoms with Gasteiger partial charge in [0.05, 0.1) is 11.3 Å². The van der Waals surface area contributed by atoms with Crippen molar-refractivity contribution in [2.75, 3.05) is 0 Å².